The van der Waals surface area contributed by atoms with Crippen molar-refractivity contribution in [2.45, 2.75) is 12.3 Å². The minimum atomic E-state index is -2.95. The van der Waals surface area contributed by atoms with E-state index in [1.807, 2.05) is 12.1 Å². The van der Waals surface area contributed by atoms with Crippen molar-refractivity contribution < 1.29 is 8.78 Å². The second-order valence-electron chi connectivity index (χ2n) is 3.63. The van der Waals surface area contributed by atoms with Gasteiger partial charge in [-0.2, -0.15) is 8.78 Å². The zero-order valence-electron chi connectivity index (χ0n) is 8.66. The predicted octanol–water partition coefficient (Wildman–Crippen LogP) is 2.68. The summed E-state index contributed by atoms with van der Waals surface area (Å²) in [6.07, 6.45) is -0.377. The fourth-order valence-electron chi connectivity index (χ4n) is 1.58. The van der Waals surface area contributed by atoms with Gasteiger partial charge in [0.05, 0.1) is 5.52 Å². The quantitative estimate of drug-likeness (QED) is 0.867. The van der Waals surface area contributed by atoms with Gasteiger partial charge in [-0.15, -0.1) is 0 Å². The van der Waals surface area contributed by atoms with E-state index in [0.717, 1.165) is 5.39 Å². The van der Waals surface area contributed by atoms with Crippen LogP contribution in [0.4, 0.5) is 8.78 Å². The van der Waals surface area contributed by atoms with Gasteiger partial charge in [-0.1, -0.05) is 24.3 Å². The van der Waals surface area contributed by atoms with Crippen LogP contribution in [-0.2, 0) is 5.92 Å². The average Bonchev–Trinajstić information content (AvgIpc) is 2.28. The molecule has 0 fully saturated rings. The van der Waals surface area contributed by atoms with Crippen LogP contribution < -0.4 is 5.73 Å². The monoisotopic (exact) mass is 222 g/mol. The number of alkyl halides is 2. The van der Waals surface area contributed by atoms with E-state index in [-0.39, 0.29) is 18.7 Å². The number of hydrogen-bond acceptors (Lipinski definition) is 2. The number of nitrogens with zero attached hydrogens (tertiary/aromatic N) is 1. The molecule has 0 bridgehead atoms. The molecule has 0 aliphatic heterocycles. The van der Waals surface area contributed by atoms with E-state index < -0.39 is 5.92 Å². The molecule has 16 heavy (non-hydrogen) atoms. The Morgan fingerprint density at radius 3 is 2.62 bits per heavy atom. The van der Waals surface area contributed by atoms with Crippen molar-refractivity contribution in [2.24, 2.45) is 5.73 Å². The molecule has 2 nitrogen and oxygen atoms in total. The second kappa shape index (κ2) is 4.14. The molecule has 1 heterocycles. The van der Waals surface area contributed by atoms with Gasteiger partial charge in [-0.25, -0.2) is 4.98 Å². The summed E-state index contributed by atoms with van der Waals surface area (Å²) in [5.74, 6) is -2.95. The molecular weight excluding hydrogens is 210 g/mol. The zero-order chi connectivity index (χ0) is 11.6. The normalized spacial score (nSPS) is 11.9. The highest BCUT2D eigenvalue weighted by Gasteiger charge is 2.32. The zero-order valence-corrected chi connectivity index (χ0v) is 8.66. The summed E-state index contributed by atoms with van der Waals surface area (Å²) in [5, 5.41) is 0.856. The van der Waals surface area contributed by atoms with Gasteiger partial charge in [0.15, 0.2) is 0 Å². The third-order valence-electron chi connectivity index (χ3n) is 2.43. The number of para-hydroxylation sites is 1. The lowest BCUT2D eigenvalue weighted by Crippen LogP contribution is -2.19. The van der Waals surface area contributed by atoms with E-state index in [2.05, 4.69) is 4.98 Å². The Labute approximate surface area is 92.1 Å². The molecule has 4 heteroatoms. The maximum absolute atomic E-state index is 13.5. The number of aromatic nitrogens is 1. The molecule has 0 saturated heterocycles. The summed E-state index contributed by atoms with van der Waals surface area (Å²) in [6, 6.07) is 10.2. The lowest BCUT2D eigenvalue weighted by atomic mass is 10.1. The van der Waals surface area contributed by atoms with E-state index in [0.29, 0.717) is 5.52 Å². The third-order valence-corrected chi connectivity index (χ3v) is 2.43. The molecule has 84 valence electrons. The van der Waals surface area contributed by atoms with Crippen molar-refractivity contribution >= 4 is 10.9 Å². The highest BCUT2D eigenvalue weighted by Crippen LogP contribution is 2.30. The van der Waals surface area contributed by atoms with E-state index in [1.165, 1.54) is 6.07 Å². The smallest absolute Gasteiger partial charge is 0.290 e. The van der Waals surface area contributed by atoms with Crippen LogP contribution in [0.1, 0.15) is 12.1 Å². The van der Waals surface area contributed by atoms with Gasteiger partial charge in [0.25, 0.3) is 5.92 Å². The SMILES string of the molecule is NCCC(F)(F)c1ccc2ccccc2n1. The van der Waals surface area contributed by atoms with Gasteiger partial charge in [-0.05, 0) is 18.7 Å². The van der Waals surface area contributed by atoms with Gasteiger partial charge >= 0.3 is 0 Å². The maximum atomic E-state index is 13.5. The molecule has 2 aromatic rings. The Bertz CT molecular complexity index is 497. The first-order valence-corrected chi connectivity index (χ1v) is 5.08. The van der Waals surface area contributed by atoms with Crippen LogP contribution >= 0.6 is 0 Å². The van der Waals surface area contributed by atoms with E-state index in [4.69, 9.17) is 5.73 Å². The molecule has 2 N–H and O–H groups in total. The highest BCUT2D eigenvalue weighted by atomic mass is 19.3. The fraction of sp³-hybridized carbons (Fsp3) is 0.250. The average molecular weight is 222 g/mol. The van der Waals surface area contributed by atoms with Gasteiger partial charge < -0.3 is 5.73 Å². The molecule has 1 aromatic heterocycles. The van der Waals surface area contributed by atoms with Crippen LogP contribution in [0.5, 0.6) is 0 Å². The molecule has 2 rings (SSSR count). The number of halogens is 2. The van der Waals surface area contributed by atoms with Crippen LogP contribution in [0, 0.1) is 0 Å². The maximum Gasteiger partial charge on any atom is 0.290 e. The van der Waals surface area contributed by atoms with Crippen molar-refractivity contribution in [3.05, 3.63) is 42.1 Å². The summed E-state index contributed by atoms with van der Waals surface area (Å²) in [5.41, 5.74) is 5.53. The molecule has 0 unspecified atom stereocenters. The van der Waals surface area contributed by atoms with Crippen molar-refractivity contribution in [1.82, 2.24) is 4.98 Å². The summed E-state index contributed by atoms with van der Waals surface area (Å²) in [6.45, 7) is -0.0541. The summed E-state index contributed by atoms with van der Waals surface area (Å²) >= 11 is 0. The lowest BCUT2D eigenvalue weighted by Gasteiger charge is -2.14. The van der Waals surface area contributed by atoms with E-state index >= 15 is 0 Å². The molecular formula is C12H12F2N2. The van der Waals surface area contributed by atoms with Crippen molar-refractivity contribution in [2.75, 3.05) is 6.54 Å². The third kappa shape index (κ3) is 2.02. The van der Waals surface area contributed by atoms with Crippen LogP contribution in [-0.4, -0.2) is 11.5 Å². The molecule has 0 saturated carbocycles. The molecule has 0 aliphatic rings. The number of benzene rings is 1. The van der Waals surface area contributed by atoms with Gasteiger partial charge in [-0.3, -0.25) is 0 Å². The van der Waals surface area contributed by atoms with Crippen LogP contribution in [0.3, 0.4) is 0 Å². The first kappa shape index (κ1) is 11.0. The largest absolute Gasteiger partial charge is 0.330 e. The molecule has 0 radical (unpaired) electrons. The van der Waals surface area contributed by atoms with Crippen LogP contribution in [0.15, 0.2) is 36.4 Å². The number of nitrogens with two attached hydrogens (primary N) is 1. The molecule has 0 amide bonds. The number of rotatable bonds is 3. The van der Waals surface area contributed by atoms with Crippen molar-refractivity contribution in [3.8, 4) is 0 Å². The number of fused-ring (bicyclic) bond motifs is 1. The Kier molecular flexibility index (Phi) is 2.83. The summed E-state index contributed by atoms with van der Waals surface area (Å²) in [7, 11) is 0. The van der Waals surface area contributed by atoms with E-state index in [9.17, 15) is 8.78 Å². The predicted molar refractivity (Wildman–Crippen MR) is 59.3 cm³/mol. The second-order valence-corrected chi connectivity index (χ2v) is 3.63. The molecule has 0 aliphatic carbocycles. The Morgan fingerprint density at radius 2 is 1.88 bits per heavy atom. The minimum absolute atomic E-state index is 0.0541. The number of pyridine rings is 1. The summed E-state index contributed by atoms with van der Waals surface area (Å²) < 4.78 is 27.1. The van der Waals surface area contributed by atoms with Crippen molar-refractivity contribution in [1.29, 1.82) is 0 Å². The Morgan fingerprint density at radius 1 is 1.12 bits per heavy atom. The van der Waals surface area contributed by atoms with Crippen molar-refractivity contribution in [3.63, 3.8) is 0 Å². The standard InChI is InChI=1S/C12H12F2N2/c13-12(14,7-8-15)11-6-5-9-3-1-2-4-10(9)16-11/h1-6H,7-8,15H2. The summed E-state index contributed by atoms with van der Waals surface area (Å²) in [4.78, 5) is 3.96. The fourth-order valence-corrected chi connectivity index (χ4v) is 1.58. The Balaban J connectivity index is 2.46. The van der Waals surface area contributed by atoms with Gasteiger partial charge in [0.2, 0.25) is 0 Å². The van der Waals surface area contributed by atoms with Crippen LogP contribution in [0.2, 0.25) is 0 Å². The van der Waals surface area contributed by atoms with Gasteiger partial charge in [0.1, 0.15) is 5.69 Å². The lowest BCUT2D eigenvalue weighted by molar-refractivity contribution is -0.0148. The molecule has 1 aromatic carbocycles. The highest BCUT2D eigenvalue weighted by molar-refractivity contribution is 5.78. The number of hydrogen-bond donors (Lipinski definition) is 1. The van der Waals surface area contributed by atoms with Gasteiger partial charge in [0, 0.05) is 11.8 Å². The topological polar surface area (TPSA) is 38.9 Å². The molecule has 0 spiro atoms. The Hall–Kier alpha value is -1.55. The first-order chi connectivity index (χ1) is 7.63. The van der Waals surface area contributed by atoms with Crippen LogP contribution in [0.25, 0.3) is 10.9 Å². The first-order valence-electron chi connectivity index (χ1n) is 5.08. The van der Waals surface area contributed by atoms with E-state index in [1.54, 1.807) is 18.2 Å². The molecule has 0 atom stereocenters. The minimum Gasteiger partial charge on any atom is -0.330 e.